The fourth-order valence-electron chi connectivity index (χ4n) is 1.98. The van der Waals surface area contributed by atoms with Gasteiger partial charge in [0.05, 0.1) is 0 Å². The average molecular weight is 271 g/mol. The average Bonchev–Trinajstić information content (AvgIpc) is 2.39. The zero-order chi connectivity index (χ0) is 13.8. The maximum absolute atomic E-state index is 12.2. The molecule has 0 N–H and O–H groups in total. The molecule has 3 heteroatoms. The zero-order valence-corrected chi connectivity index (χ0v) is 12.0. The van der Waals surface area contributed by atoms with Crippen molar-refractivity contribution >= 4 is 18.5 Å². The molecule has 0 heterocycles. The summed E-state index contributed by atoms with van der Waals surface area (Å²) in [6.45, 7) is 2.67. The molecule has 0 saturated heterocycles. The summed E-state index contributed by atoms with van der Waals surface area (Å²) in [5.74, 6) is 0.0230. The number of aryl methyl sites for hydroxylation is 1. The molecule has 98 valence electrons. The van der Waals surface area contributed by atoms with Crippen molar-refractivity contribution in [3.63, 3.8) is 0 Å². The van der Waals surface area contributed by atoms with Gasteiger partial charge < -0.3 is 4.90 Å². The van der Waals surface area contributed by atoms with Crippen LogP contribution < -0.4 is 0 Å². The fourth-order valence-corrected chi connectivity index (χ4v) is 2.13. The van der Waals surface area contributed by atoms with Crippen LogP contribution >= 0.6 is 12.6 Å². The third-order valence-electron chi connectivity index (χ3n) is 2.96. The Morgan fingerprint density at radius 1 is 1.16 bits per heavy atom. The molecule has 0 atom stereocenters. The first kappa shape index (κ1) is 13.7. The molecule has 0 radical (unpaired) electrons. The van der Waals surface area contributed by atoms with Gasteiger partial charge in [0.1, 0.15) is 0 Å². The summed E-state index contributed by atoms with van der Waals surface area (Å²) in [5.41, 5.74) is 3.03. The quantitative estimate of drug-likeness (QED) is 0.846. The van der Waals surface area contributed by atoms with E-state index in [1.165, 1.54) is 5.56 Å². The Bertz CT molecular complexity index is 578. The van der Waals surface area contributed by atoms with Crippen LogP contribution in [-0.4, -0.2) is 17.9 Å². The van der Waals surface area contributed by atoms with Gasteiger partial charge in [0.2, 0.25) is 0 Å². The first-order valence-corrected chi connectivity index (χ1v) is 6.61. The van der Waals surface area contributed by atoms with E-state index in [0.717, 1.165) is 10.5 Å². The first-order valence-electron chi connectivity index (χ1n) is 6.16. The molecule has 2 aromatic carbocycles. The number of carbonyl (C=O) groups is 1. The van der Waals surface area contributed by atoms with Crippen molar-refractivity contribution in [2.75, 3.05) is 7.05 Å². The molecule has 0 bridgehead atoms. The minimum absolute atomic E-state index is 0.0230. The summed E-state index contributed by atoms with van der Waals surface area (Å²) >= 11 is 4.22. The van der Waals surface area contributed by atoms with E-state index in [-0.39, 0.29) is 5.91 Å². The molecule has 2 aromatic rings. The summed E-state index contributed by atoms with van der Waals surface area (Å²) in [7, 11) is 1.82. The highest BCUT2D eigenvalue weighted by Gasteiger charge is 2.11. The van der Waals surface area contributed by atoms with Gasteiger partial charge in [-0.05, 0) is 36.8 Å². The van der Waals surface area contributed by atoms with Crippen molar-refractivity contribution in [2.45, 2.75) is 18.4 Å². The van der Waals surface area contributed by atoms with Gasteiger partial charge in [0, 0.05) is 24.1 Å². The molecule has 2 nitrogen and oxygen atoms in total. The molecule has 19 heavy (non-hydrogen) atoms. The van der Waals surface area contributed by atoms with Crippen molar-refractivity contribution in [1.82, 2.24) is 4.90 Å². The lowest BCUT2D eigenvalue weighted by Gasteiger charge is -2.17. The number of carbonyl (C=O) groups excluding carboxylic acids is 1. The Labute approximate surface area is 119 Å². The van der Waals surface area contributed by atoms with Crippen molar-refractivity contribution in [2.24, 2.45) is 0 Å². The summed E-state index contributed by atoms with van der Waals surface area (Å²) in [6.07, 6.45) is 0. The van der Waals surface area contributed by atoms with E-state index in [0.29, 0.717) is 12.1 Å². The Hall–Kier alpha value is -1.74. The van der Waals surface area contributed by atoms with Crippen LogP contribution in [0.15, 0.2) is 53.4 Å². The molecule has 0 aliphatic carbocycles. The van der Waals surface area contributed by atoms with Crippen LogP contribution in [0.2, 0.25) is 0 Å². The van der Waals surface area contributed by atoms with Crippen LogP contribution in [0.5, 0.6) is 0 Å². The molecule has 0 fully saturated rings. The standard InChI is InChI=1S/C16H17NOS/c1-12-4-3-5-13(10-12)11-17(2)16(18)14-6-8-15(19)9-7-14/h3-10,19H,11H2,1-2H3. The van der Waals surface area contributed by atoms with Crippen LogP contribution in [0.25, 0.3) is 0 Å². The predicted molar refractivity (Wildman–Crippen MR) is 80.7 cm³/mol. The number of thiol groups is 1. The Kier molecular flexibility index (Phi) is 4.27. The second-order valence-electron chi connectivity index (χ2n) is 4.70. The van der Waals surface area contributed by atoms with E-state index in [4.69, 9.17) is 0 Å². The SMILES string of the molecule is Cc1cccc(CN(C)C(=O)c2ccc(S)cc2)c1. The second kappa shape index (κ2) is 5.93. The Balaban J connectivity index is 2.09. The van der Waals surface area contributed by atoms with E-state index in [2.05, 4.69) is 31.7 Å². The largest absolute Gasteiger partial charge is 0.337 e. The molecule has 1 amide bonds. The van der Waals surface area contributed by atoms with Crippen LogP contribution in [0.4, 0.5) is 0 Å². The summed E-state index contributed by atoms with van der Waals surface area (Å²) in [5, 5.41) is 0. The van der Waals surface area contributed by atoms with Gasteiger partial charge in [-0.1, -0.05) is 29.8 Å². The molecule has 0 aromatic heterocycles. The number of hydrogen-bond donors (Lipinski definition) is 1. The van der Waals surface area contributed by atoms with Gasteiger partial charge in [-0.2, -0.15) is 0 Å². The maximum atomic E-state index is 12.2. The normalized spacial score (nSPS) is 10.3. The minimum atomic E-state index is 0.0230. The molecule has 0 aliphatic rings. The number of nitrogens with zero attached hydrogens (tertiary/aromatic N) is 1. The summed E-state index contributed by atoms with van der Waals surface area (Å²) in [6, 6.07) is 15.5. The first-order chi connectivity index (χ1) is 9.06. The lowest BCUT2D eigenvalue weighted by molar-refractivity contribution is 0.0785. The fraction of sp³-hybridized carbons (Fsp3) is 0.188. The highest BCUT2D eigenvalue weighted by Crippen LogP contribution is 2.12. The van der Waals surface area contributed by atoms with Crippen LogP contribution in [-0.2, 0) is 6.54 Å². The van der Waals surface area contributed by atoms with E-state index in [1.54, 1.807) is 17.0 Å². The minimum Gasteiger partial charge on any atom is -0.337 e. The van der Waals surface area contributed by atoms with Gasteiger partial charge >= 0.3 is 0 Å². The molecule has 0 saturated carbocycles. The van der Waals surface area contributed by atoms with E-state index >= 15 is 0 Å². The number of amides is 1. The maximum Gasteiger partial charge on any atom is 0.253 e. The van der Waals surface area contributed by atoms with Gasteiger partial charge in [0.15, 0.2) is 0 Å². The van der Waals surface area contributed by atoms with Gasteiger partial charge in [-0.3, -0.25) is 4.79 Å². The molecule has 0 spiro atoms. The van der Waals surface area contributed by atoms with E-state index in [1.807, 2.05) is 31.3 Å². The van der Waals surface area contributed by atoms with E-state index in [9.17, 15) is 4.79 Å². The third kappa shape index (κ3) is 3.61. The van der Waals surface area contributed by atoms with Crippen LogP contribution in [0, 0.1) is 6.92 Å². The molecular formula is C16H17NOS. The monoisotopic (exact) mass is 271 g/mol. The van der Waals surface area contributed by atoms with Crippen molar-refractivity contribution in [3.8, 4) is 0 Å². The molecule has 2 rings (SSSR count). The van der Waals surface area contributed by atoms with E-state index < -0.39 is 0 Å². The lowest BCUT2D eigenvalue weighted by atomic mass is 10.1. The topological polar surface area (TPSA) is 20.3 Å². The molecule has 0 unspecified atom stereocenters. The Morgan fingerprint density at radius 3 is 2.47 bits per heavy atom. The Morgan fingerprint density at radius 2 is 1.84 bits per heavy atom. The van der Waals surface area contributed by atoms with Gasteiger partial charge in [-0.15, -0.1) is 12.6 Å². The zero-order valence-electron chi connectivity index (χ0n) is 11.1. The molecule has 0 aliphatic heterocycles. The van der Waals surface area contributed by atoms with Crippen molar-refractivity contribution < 1.29 is 4.79 Å². The molecular weight excluding hydrogens is 254 g/mol. The van der Waals surface area contributed by atoms with Gasteiger partial charge in [0.25, 0.3) is 5.91 Å². The smallest absolute Gasteiger partial charge is 0.253 e. The third-order valence-corrected chi connectivity index (χ3v) is 3.26. The number of hydrogen-bond acceptors (Lipinski definition) is 2. The second-order valence-corrected chi connectivity index (χ2v) is 5.21. The highest BCUT2D eigenvalue weighted by molar-refractivity contribution is 7.80. The predicted octanol–water partition coefficient (Wildman–Crippen LogP) is 3.56. The number of benzene rings is 2. The van der Waals surface area contributed by atoms with Crippen molar-refractivity contribution in [1.29, 1.82) is 0 Å². The van der Waals surface area contributed by atoms with Crippen LogP contribution in [0.3, 0.4) is 0 Å². The van der Waals surface area contributed by atoms with Gasteiger partial charge in [-0.25, -0.2) is 0 Å². The summed E-state index contributed by atoms with van der Waals surface area (Å²) in [4.78, 5) is 14.8. The lowest BCUT2D eigenvalue weighted by Crippen LogP contribution is -2.26. The summed E-state index contributed by atoms with van der Waals surface area (Å²) < 4.78 is 0. The number of rotatable bonds is 3. The van der Waals surface area contributed by atoms with Crippen molar-refractivity contribution in [3.05, 3.63) is 65.2 Å². The highest BCUT2D eigenvalue weighted by atomic mass is 32.1. The van der Waals surface area contributed by atoms with Crippen LogP contribution in [0.1, 0.15) is 21.5 Å².